The molecule has 0 bridgehead atoms. The molecule has 28 heavy (non-hydrogen) atoms. The Morgan fingerprint density at radius 2 is 1.68 bits per heavy atom. The van der Waals surface area contributed by atoms with Crippen LogP contribution in [0.15, 0.2) is 48.5 Å². The molecule has 5 nitrogen and oxygen atoms in total. The van der Waals surface area contributed by atoms with Gasteiger partial charge in [-0.05, 0) is 48.9 Å². The first-order chi connectivity index (χ1) is 13.8. The molecular weight excluding hydrogens is 352 g/mol. The smallest absolute Gasteiger partial charge is 0.315 e. The third-order valence-electron chi connectivity index (χ3n) is 5.52. The molecule has 2 aromatic rings. The lowest BCUT2D eigenvalue weighted by Crippen LogP contribution is -2.48. The van der Waals surface area contributed by atoms with Crippen molar-refractivity contribution in [1.82, 2.24) is 10.6 Å². The number of urea groups is 1. The highest BCUT2D eigenvalue weighted by Gasteiger charge is 2.20. The van der Waals surface area contributed by atoms with Crippen LogP contribution in [0.4, 0.5) is 4.79 Å². The SMILES string of the molecule is O=C(NC1CCCCC1)N[C@@H](Cc1ccccc1)Cc1ccc2c(c1)OCO2. The number of nitrogens with one attached hydrogen (secondary N) is 2. The summed E-state index contributed by atoms with van der Waals surface area (Å²) in [5, 5.41) is 6.37. The van der Waals surface area contributed by atoms with Gasteiger partial charge < -0.3 is 20.1 Å². The average molecular weight is 380 g/mol. The number of ether oxygens (including phenoxy) is 2. The summed E-state index contributed by atoms with van der Waals surface area (Å²) in [5.41, 5.74) is 2.34. The van der Waals surface area contributed by atoms with Crippen LogP contribution in [0.2, 0.25) is 0 Å². The van der Waals surface area contributed by atoms with Crippen molar-refractivity contribution in [3.8, 4) is 11.5 Å². The normalized spacial score (nSPS) is 17.1. The van der Waals surface area contributed by atoms with Gasteiger partial charge in [-0.25, -0.2) is 4.79 Å². The van der Waals surface area contributed by atoms with Gasteiger partial charge >= 0.3 is 6.03 Å². The number of amides is 2. The van der Waals surface area contributed by atoms with Crippen molar-refractivity contribution in [3.63, 3.8) is 0 Å². The van der Waals surface area contributed by atoms with Crippen molar-refractivity contribution in [1.29, 1.82) is 0 Å². The van der Waals surface area contributed by atoms with Crippen LogP contribution in [0.3, 0.4) is 0 Å². The van der Waals surface area contributed by atoms with Gasteiger partial charge in [0.25, 0.3) is 0 Å². The fourth-order valence-corrected chi connectivity index (χ4v) is 4.08. The Morgan fingerprint density at radius 3 is 2.50 bits per heavy atom. The van der Waals surface area contributed by atoms with E-state index >= 15 is 0 Å². The second-order valence-electron chi connectivity index (χ2n) is 7.73. The van der Waals surface area contributed by atoms with Crippen molar-refractivity contribution >= 4 is 6.03 Å². The molecule has 1 aliphatic heterocycles. The molecular formula is C23H28N2O3. The molecule has 1 fully saturated rings. The maximum Gasteiger partial charge on any atom is 0.315 e. The Morgan fingerprint density at radius 1 is 0.929 bits per heavy atom. The first kappa shape index (κ1) is 18.7. The molecule has 4 rings (SSSR count). The van der Waals surface area contributed by atoms with Crippen LogP contribution in [-0.4, -0.2) is 24.9 Å². The molecule has 0 spiro atoms. The Kier molecular flexibility index (Phi) is 6.00. The van der Waals surface area contributed by atoms with Gasteiger partial charge in [0.1, 0.15) is 0 Å². The summed E-state index contributed by atoms with van der Waals surface area (Å²) in [6.45, 7) is 0.272. The molecule has 0 aromatic heterocycles. The molecule has 1 heterocycles. The number of hydrogen-bond acceptors (Lipinski definition) is 3. The molecule has 0 saturated heterocycles. The fourth-order valence-electron chi connectivity index (χ4n) is 4.08. The van der Waals surface area contributed by atoms with Gasteiger partial charge in [-0.2, -0.15) is 0 Å². The minimum Gasteiger partial charge on any atom is -0.454 e. The minimum absolute atomic E-state index is 0.00589. The van der Waals surface area contributed by atoms with Crippen LogP contribution in [-0.2, 0) is 12.8 Å². The maximum absolute atomic E-state index is 12.6. The Hall–Kier alpha value is -2.69. The van der Waals surface area contributed by atoms with Crippen molar-refractivity contribution in [2.45, 2.75) is 57.0 Å². The van der Waals surface area contributed by atoms with Gasteiger partial charge in [-0.15, -0.1) is 0 Å². The zero-order valence-corrected chi connectivity index (χ0v) is 16.2. The van der Waals surface area contributed by atoms with E-state index in [1.807, 2.05) is 36.4 Å². The van der Waals surface area contributed by atoms with Crippen LogP contribution in [0.1, 0.15) is 43.2 Å². The molecule has 5 heteroatoms. The van der Waals surface area contributed by atoms with Crippen molar-refractivity contribution < 1.29 is 14.3 Å². The number of benzene rings is 2. The van der Waals surface area contributed by atoms with Crippen LogP contribution < -0.4 is 20.1 Å². The maximum atomic E-state index is 12.6. The van der Waals surface area contributed by atoms with E-state index in [-0.39, 0.29) is 18.9 Å². The first-order valence-electron chi connectivity index (χ1n) is 10.3. The van der Waals surface area contributed by atoms with E-state index in [2.05, 4.69) is 22.8 Å². The zero-order valence-electron chi connectivity index (χ0n) is 16.2. The Labute approximate surface area is 166 Å². The summed E-state index contributed by atoms with van der Waals surface area (Å²) in [5.74, 6) is 1.56. The molecule has 1 saturated carbocycles. The van der Waals surface area contributed by atoms with Gasteiger partial charge in [-0.1, -0.05) is 55.7 Å². The topological polar surface area (TPSA) is 59.6 Å². The average Bonchev–Trinajstić information content (AvgIpc) is 3.17. The molecule has 2 aromatic carbocycles. The lowest BCUT2D eigenvalue weighted by Gasteiger charge is -2.25. The molecule has 148 valence electrons. The standard InChI is InChI=1S/C23H28N2O3/c26-23(24-19-9-5-2-6-10-19)25-20(13-17-7-3-1-4-8-17)14-18-11-12-21-22(15-18)28-16-27-21/h1,3-4,7-8,11-12,15,19-20H,2,5-6,9-10,13-14,16H2,(H2,24,25,26)/t20-/m0/s1. The predicted molar refractivity (Wildman–Crippen MR) is 109 cm³/mol. The highest BCUT2D eigenvalue weighted by molar-refractivity contribution is 5.74. The van der Waals surface area contributed by atoms with Gasteiger partial charge in [0, 0.05) is 12.1 Å². The van der Waals surface area contributed by atoms with E-state index in [1.165, 1.54) is 24.8 Å². The van der Waals surface area contributed by atoms with Crippen LogP contribution >= 0.6 is 0 Å². The summed E-state index contributed by atoms with van der Waals surface area (Å²) in [4.78, 5) is 12.6. The number of rotatable bonds is 6. The molecule has 2 aliphatic rings. The summed E-state index contributed by atoms with van der Waals surface area (Å²) < 4.78 is 10.9. The number of carbonyl (C=O) groups is 1. The number of hydrogen-bond donors (Lipinski definition) is 2. The van der Waals surface area contributed by atoms with Crippen molar-refractivity contribution in [3.05, 3.63) is 59.7 Å². The third kappa shape index (κ3) is 4.97. The van der Waals surface area contributed by atoms with Crippen molar-refractivity contribution in [2.75, 3.05) is 6.79 Å². The van der Waals surface area contributed by atoms with E-state index in [4.69, 9.17) is 9.47 Å². The van der Waals surface area contributed by atoms with E-state index in [1.54, 1.807) is 0 Å². The van der Waals surface area contributed by atoms with E-state index < -0.39 is 0 Å². The Balaban J connectivity index is 1.42. The van der Waals surface area contributed by atoms with Crippen LogP contribution in [0.25, 0.3) is 0 Å². The fraction of sp³-hybridized carbons (Fsp3) is 0.435. The van der Waals surface area contributed by atoms with Crippen LogP contribution in [0, 0.1) is 0 Å². The lowest BCUT2D eigenvalue weighted by atomic mass is 9.95. The quantitative estimate of drug-likeness (QED) is 0.790. The number of fused-ring (bicyclic) bond motifs is 1. The summed E-state index contributed by atoms with van der Waals surface area (Å²) in [6.07, 6.45) is 7.38. The lowest BCUT2D eigenvalue weighted by molar-refractivity contribution is 0.174. The van der Waals surface area contributed by atoms with E-state index in [9.17, 15) is 4.79 Å². The molecule has 2 N–H and O–H groups in total. The Bertz CT molecular complexity index is 788. The number of carbonyl (C=O) groups excluding carboxylic acids is 1. The molecule has 0 radical (unpaired) electrons. The second-order valence-corrected chi connectivity index (χ2v) is 7.73. The zero-order chi connectivity index (χ0) is 19.2. The van der Waals surface area contributed by atoms with Gasteiger partial charge in [-0.3, -0.25) is 0 Å². The molecule has 1 aliphatic carbocycles. The third-order valence-corrected chi connectivity index (χ3v) is 5.52. The van der Waals surface area contributed by atoms with Crippen molar-refractivity contribution in [2.24, 2.45) is 0 Å². The van der Waals surface area contributed by atoms with Crippen LogP contribution in [0.5, 0.6) is 11.5 Å². The van der Waals surface area contributed by atoms with Gasteiger partial charge in [0.15, 0.2) is 11.5 Å². The highest BCUT2D eigenvalue weighted by atomic mass is 16.7. The predicted octanol–water partition coefficient (Wildman–Crippen LogP) is 4.20. The van der Waals surface area contributed by atoms with E-state index in [0.717, 1.165) is 42.7 Å². The highest BCUT2D eigenvalue weighted by Crippen LogP contribution is 2.32. The molecule has 1 atom stereocenters. The van der Waals surface area contributed by atoms with Gasteiger partial charge in [0.2, 0.25) is 6.79 Å². The monoisotopic (exact) mass is 380 g/mol. The molecule has 2 amide bonds. The second kappa shape index (κ2) is 9.00. The summed E-state index contributed by atoms with van der Waals surface area (Å²) >= 11 is 0. The summed E-state index contributed by atoms with van der Waals surface area (Å²) in [7, 11) is 0. The largest absolute Gasteiger partial charge is 0.454 e. The minimum atomic E-state index is -0.0615. The van der Waals surface area contributed by atoms with Gasteiger partial charge in [0.05, 0.1) is 0 Å². The summed E-state index contributed by atoms with van der Waals surface area (Å²) in [6, 6.07) is 16.5. The first-order valence-corrected chi connectivity index (χ1v) is 10.3. The molecule has 0 unspecified atom stereocenters. The van der Waals surface area contributed by atoms with E-state index in [0.29, 0.717) is 6.04 Å².